The van der Waals surface area contributed by atoms with Gasteiger partial charge < -0.3 is 14.9 Å². The van der Waals surface area contributed by atoms with E-state index in [2.05, 4.69) is 4.98 Å². The van der Waals surface area contributed by atoms with Gasteiger partial charge in [-0.3, -0.25) is 4.98 Å². The third-order valence-electron chi connectivity index (χ3n) is 5.47. The molecule has 178 valence electrons. The standard InChI is InChI=1S/C26H21NO7S/c1-35(32,33)21-9-4-17(5-10-21)15-34-26(31)19-8-11-23-22(13-19)24(28)20(14-27-23)12-16-2-6-18(7-3-16)25(29)30/h2-11,13-14H,12,15H2,1H3,(H,27,28)(H,29,30). The molecular weight excluding hydrogens is 470 g/mol. The molecule has 1 heterocycles. The van der Waals surface area contributed by atoms with Crippen LogP contribution in [-0.2, 0) is 27.6 Å². The summed E-state index contributed by atoms with van der Waals surface area (Å²) in [5.74, 6) is -1.64. The van der Waals surface area contributed by atoms with E-state index in [0.29, 0.717) is 28.5 Å². The molecule has 0 atom stereocenters. The number of fused-ring (bicyclic) bond motifs is 1. The Hall–Kier alpha value is -4.24. The first-order chi connectivity index (χ1) is 16.6. The molecular formula is C26H21NO7S. The number of carboxylic acids is 1. The average Bonchev–Trinajstić information content (AvgIpc) is 2.84. The van der Waals surface area contributed by atoms with E-state index in [0.717, 1.165) is 11.8 Å². The highest BCUT2D eigenvalue weighted by molar-refractivity contribution is 7.90. The summed E-state index contributed by atoms with van der Waals surface area (Å²) in [6, 6.07) is 17.1. The molecule has 8 nitrogen and oxygen atoms in total. The maximum atomic E-state index is 12.6. The minimum Gasteiger partial charge on any atom is -0.507 e. The van der Waals surface area contributed by atoms with E-state index in [1.165, 1.54) is 30.3 Å². The number of rotatable bonds is 7. The van der Waals surface area contributed by atoms with E-state index in [9.17, 15) is 23.1 Å². The Morgan fingerprint density at radius 1 is 0.914 bits per heavy atom. The van der Waals surface area contributed by atoms with Gasteiger partial charge in [0.25, 0.3) is 0 Å². The number of ether oxygens (including phenoxy) is 1. The topological polar surface area (TPSA) is 131 Å². The Kier molecular flexibility index (Phi) is 6.52. The minimum atomic E-state index is -3.31. The van der Waals surface area contributed by atoms with Gasteiger partial charge in [-0.2, -0.15) is 0 Å². The highest BCUT2D eigenvalue weighted by Gasteiger charge is 2.14. The van der Waals surface area contributed by atoms with E-state index < -0.39 is 21.8 Å². The van der Waals surface area contributed by atoms with Crippen LogP contribution >= 0.6 is 0 Å². The van der Waals surface area contributed by atoms with E-state index in [4.69, 9.17) is 9.84 Å². The fourth-order valence-electron chi connectivity index (χ4n) is 3.53. The summed E-state index contributed by atoms with van der Waals surface area (Å²) >= 11 is 0. The lowest BCUT2D eigenvalue weighted by Crippen LogP contribution is -2.06. The number of sulfone groups is 1. The molecule has 0 saturated heterocycles. The van der Waals surface area contributed by atoms with Crippen molar-refractivity contribution in [3.8, 4) is 5.75 Å². The maximum Gasteiger partial charge on any atom is 0.338 e. The average molecular weight is 492 g/mol. The number of esters is 1. The smallest absolute Gasteiger partial charge is 0.338 e. The fraction of sp³-hybridized carbons (Fsp3) is 0.115. The summed E-state index contributed by atoms with van der Waals surface area (Å²) < 4.78 is 28.5. The second-order valence-corrected chi connectivity index (χ2v) is 10.1. The molecule has 0 fully saturated rings. The zero-order valence-corrected chi connectivity index (χ0v) is 19.5. The monoisotopic (exact) mass is 491 g/mol. The molecule has 4 aromatic rings. The van der Waals surface area contributed by atoms with Crippen molar-refractivity contribution in [2.75, 3.05) is 6.26 Å². The molecule has 0 spiro atoms. The van der Waals surface area contributed by atoms with Crippen LogP contribution in [0.3, 0.4) is 0 Å². The number of aromatic carboxylic acids is 1. The van der Waals surface area contributed by atoms with Gasteiger partial charge in [-0.05, 0) is 53.6 Å². The van der Waals surface area contributed by atoms with Crippen molar-refractivity contribution < 1.29 is 33.0 Å². The highest BCUT2D eigenvalue weighted by Crippen LogP contribution is 2.30. The third kappa shape index (κ3) is 5.47. The molecule has 3 aromatic carbocycles. The van der Waals surface area contributed by atoms with Crippen LogP contribution in [0.5, 0.6) is 5.75 Å². The summed E-state index contributed by atoms with van der Waals surface area (Å²) in [7, 11) is -3.31. The van der Waals surface area contributed by atoms with Gasteiger partial charge >= 0.3 is 11.9 Å². The number of aromatic hydroxyl groups is 1. The molecule has 35 heavy (non-hydrogen) atoms. The molecule has 0 bridgehead atoms. The quantitative estimate of drug-likeness (QED) is 0.371. The molecule has 0 aliphatic rings. The Bertz CT molecular complexity index is 1530. The number of benzene rings is 3. The van der Waals surface area contributed by atoms with Crippen LogP contribution in [0.15, 0.2) is 77.8 Å². The lowest BCUT2D eigenvalue weighted by Gasteiger charge is -2.10. The largest absolute Gasteiger partial charge is 0.507 e. The van der Waals surface area contributed by atoms with Crippen LogP contribution < -0.4 is 0 Å². The molecule has 0 aliphatic carbocycles. The predicted octanol–water partition coefficient (Wildman–Crippen LogP) is 3.99. The normalized spacial score (nSPS) is 11.3. The first kappa shape index (κ1) is 23.9. The van der Waals surface area contributed by atoms with E-state index in [1.54, 1.807) is 42.6 Å². The zero-order valence-electron chi connectivity index (χ0n) is 18.6. The summed E-state index contributed by atoms with van der Waals surface area (Å²) in [5.41, 5.74) is 2.85. The van der Waals surface area contributed by atoms with Crippen LogP contribution in [0.2, 0.25) is 0 Å². The van der Waals surface area contributed by atoms with Gasteiger partial charge in [-0.15, -0.1) is 0 Å². The van der Waals surface area contributed by atoms with Crippen molar-refractivity contribution >= 4 is 32.7 Å². The second kappa shape index (κ2) is 9.55. The molecule has 0 aliphatic heterocycles. The Morgan fingerprint density at radius 2 is 1.54 bits per heavy atom. The predicted molar refractivity (Wildman–Crippen MR) is 128 cm³/mol. The van der Waals surface area contributed by atoms with Crippen LogP contribution in [0.1, 0.15) is 37.4 Å². The molecule has 0 saturated carbocycles. The van der Waals surface area contributed by atoms with Crippen molar-refractivity contribution in [2.45, 2.75) is 17.9 Å². The van der Waals surface area contributed by atoms with Crippen LogP contribution in [0.25, 0.3) is 10.9 Å². The van der Waals surface area contributed by atoms with Crippen molar-refractivity contribution in [3.05, 3.63) is 101 Å². The maximum absolute atomic E-state index is 12.6. The number of aromatic nitrogens is 1. The Morgan fingerprint density at radius 3 is 2.17 bits per heavy atom. The number of hydrogen-bond acceptors (Lipinski definition) is 7. The fourth-order valence-corrected chi connectivity index (χ4v) is 4.16. The molecule has 2 N–H and O–H groups in total. The number of nitrogens with zero attached hydrogens (tertiary/aromatic N) is 1. The summed E-state index contributed by atoms with van der Waals surface area (Å²) in [5, 5.41) is 20.2. The van der Waals surface area contributed by atoms with Gasteiger partial charge in [0.15, 0.2) is 9.84 Å². The molecule has 0 radical (unpaired) electrons. The van der Waals surface area contributed by atoms with Gasteiger partial charge in [0, 0.05) is 29.8 Å². The van der Waals surface area contributed by atoms with Gasteiger partial charge in [0.2, 0.25) is 0 Å². The third-order valence-corrected chi connectivity index (χ3v) is 6.60. The van der Waals surface area contributed by atoms with E-state index >= 15 is 0 Å². The van der Waals surface area contributed by atoms with Crippen LogP contribution in [0, 0.1) is 0 Å². The Balaban J connectivity index is 1.51. The van der Waals surface area contributed by atoms with E-state index in [-0.39, 0.29) is 28.4 Å². The highest BCUT2D eigenvalue weighted by atomic mass is 32.2. The van der Waals surface area contributed by atoms with Gasteiger partial charge in [0.1, 0.15) is 12.4 Å². The minimum absolute atomic E-state index is 0.0247. The van der Waals surface area contributed by atoms with Crippen molar-refractivity contribution in [1.29, 1.82) is 0 Å². The molecule has 0 unspecified atom stereocenters. The lowest BCUT2D eigenvalue weighted by atomic mass is 10.0. The van der Waals surface area contributed by atoms with Gasteiger partial charge in [-0.1, -0.05) is 24.3 Å². The molecule has 0 amide bonds. The summed E-state index contributed by atoms with van der Waals surface area (Å²) in [4.78, 5) is 28.1. The van der Waals surface area contributed by atoms with Crippen LogP contribution in [-0.4, -0.2) is 41.8 Å². The van der Waals surface area contributed by atoms with Gasteiger partial charge in [-0.25, -0.2) is 18.0 Å². The molecule has 1 aromatic heterocycles. The van der Waals surface area contributed by atoms with Crippen molar-refractivity contribution in [2.24, 2.45) is 0 Å². The van der Waals surface area contributed by atoms with Crippen LogP contribution in [0.4, 0.5) is 0 Å². The Labute approximate surface area is 201 Å². The lowest BCUT2D eigenvalue weighted by molar-refractivity contribution is 0.0472. The number of pyridine rings is 1. The second-order valence-electron chi connectivity index (χ2n) is 8.04. The van der Waals surface area contributed by atoms with Crippen molar-refractivity contribution in [3.63, 3.8) is 0 Å². The zero-order chi connectivity index (χ0) is 25.2. The number of carbonyl (C=O) groups excluding carboxylic acids is 1. The SMILES string of the molecule is CS(=O)(=O)c1ccc(COC(=O)c2ccc3ncc(Cc4ccc(C(=O)O)cc4)c(O)c3c2)cc1. The summed E-state index contributed by atoms with van der Waals surface area (Å²) in [6.45, 7) is -0.0441. The summed E-state index contributed by atoms with van der Waals surface area (Å²) in [6.07, 6.45) is 2.99. The van der Waals surface area contributed by atoms with E-state index in [1.807, 2.05) is 0 Å². The number of carbonyl (C=O) groups is 2. The molecule has 9 heteroatoms. The number of hydrogen-bond donors (Lipinski definition) is 2. The van der Waals surface area contributed by atoms with Crippen molar-refractivity contribution in [1.82, 2.24) is 4.98 Å². The molecule has 4 rings (SSSR count). The number of carboxylic acid groups (broad SMARTS) is 1. The van der Waals surface area contributed by atoms with Gasteiger partial charge in [0.05, 0.1) is 21.5 Å². The first-order valence-corrected chi connectivity index (χ1v) is 12.4. The first-order valence-electron chi connectivity index (χ1n) is 10.5.